The second-order valence-electron chi connectivity index (χ2n) is 34.4. The SMILES string of the molecule is COc1cc(COC2CCN(C(CN(c3ccc4c(C)nccc4n3)C(C)(c3ccc4c(C)nccc4n3)N3CCN(c4ccc5c(C)nccc5n4)CC3)N(CC(N3CCC(OC(c4ccccc4)c4ccccc4)CC3)N(CCN3CCC(Cc4ccccc4)CC3)C(=O)Nc3ccc4c(C)nccc4n3)c3ccc4c(C)nccc4n3)CC2)cc(OC)c1. The quantitative estimate of drug-likeness (QED) is 0.0460. The van der Waals surface area contributed by atoms with Crippen LogP contribution in [0.3, 0.4) is 0 Å². The molecular formula is C102H113N19O5. The number of aromatic nitrogens is 10. The number of ether oxygens (including phenoxy) is 4. The minimum absolute atomic E-state index is 0.109. The zero-order valence-corrected chi connectivity index (χ0v) is 73.6. The molecule has 1 N–H and O–H groups in total. The van der Waals surface area contributed by atoms with E-state index < -0.39 is 18.0 Å². The number of carbonyl (C=O) groups excluding carboxylic acids is 1. The fraction of sp³-hybridized carbons (Fsp3) is 0.363. The van der Waals surface area contributed by atoms with E-state index in [1.54, 1.807) is 20.4 Å². The fourth-order valence-corrected chi connectivity index (χ4v) is 19.4. The molecule has 4 saturated heterocycles. The number of carbonyl (C=O) groups is 1. The molecule has 0 bridgehead atoms. The van der Waals surface area contributed by atoms with E-state index >= 15 is 4.79 Å². The van der Waals surface area contributed by atoms with E-state index in [2.05, 4.69) is 222 Å². The molecule has 4 aromatic carbocycles. The number of hydrogen-bond acceptors (Lipinski definition) is 22. The Morgan fingerprint density at radius 3 is 1.52 bits per heavy atom. The number of methoxy groups -OCH3 is 2. The second-order valence-corrected chi connectivity index (χ2v) is 34.4. The smallest absolute Gasteiger partial charge is 0.324 e. The molecule has 646 valence electrons. The number of pyridine rings is 10. The number of likely N-dealkylation sites (tertiary alicyclic amines) is 3. The van der Waals surface area contributed by atoms with Crippen molar-refractivity contribution in [2.24, 2.45) is 5.92 Å². The van der Waals surface area contributed by atoms with Gasteiger partial charge in [0.15, 0.2) is 0 Å². The molecule has 10 aromatic heterocycles. The van der Waals surface area contributed by atoms with Crippen molar-refractivity contribution in [3.63, 3.8) is 0 Å². The Morgan fingerprint density at radius 2 is 0.952 bits per heavy atom. The highest BCUT2D eigenvalue weighted by atomic mass is 16.5. The minimum Gasteiger partial charge on any atom is -0.497 e. The van der Waals surface area contributed by atoms with Crippen LogP contribution in [-0.4, -0.2) is 211 Å². The summed E-state index contributed by atoms with van der Waals surface area (Å²) in [5.41, 5.74) is 12.9. The summed E-state index contributed by atoms with van der Waals surface area (Å²) in [5.74, 6) is 4.81. The third kappa shape index (κ3) is 18.7. The van der Waals surface area contributed by atoms with Gasteiger partial charge in [-0.1, -0.05) is 91.0 Å². The average molecular weight is 1690 g/mol. The van der Waals surface area contributed by atoms with Gasteiger partial charge in [-0.05, 0) is 231 Å². The largest absolute Gasteiger partial charge is 0.497 e. The second kappa shape index (κ2) is 38.3. The van der Waals surface area contributed by atoms with Crippen LogP contribution in [0, 0.1) is 40.5 Å². The molecule has 2 amide bonds. The first-order valence-corrected chi connectivity index (χ1v) is 44.7. The van der Waals surface area contributed by atoms with Gasteiger partial charge >= 0.3 is 6.03 Å². The number of urea groups is 1. The van der Waals surface area contributed by atoms with Crippen LogP contribution in [0.2, 0.25) is 0 Å². The number of piperidine rings is 3. The van der Waals surface area contributed by atoms with Crippen molar-refractivity contribution < 1.29 is 23.7 Å². The number of amides is 2. The Labute approximate surface area is 738 Å². The Hall–Kier alpha value is -12.3. The molecule has 0 spiro atoms. The lowest BCUT2D eigenvalue weighted by Crippen LogP contribution is -2.68. The lowest BCUT2D eigenvalue weighted by molar-refractivity contribution is -0.0471. The number of nitrogens with zero attached hydrogens (tertiary/aromatic N) is 18. The van der Waals surface area contributed by atoms with Crippen LogP contribution in [0.15, 0.2) is 231 Å². The molecule has 0 radical (unpaired) electrons. The number of aryl methyl sites for hydroxylation is 5. The molecule has 18 rings (SSSR count). The number of anilines is 4. The predicted molar refractivity (Wildman–Crippen MR) is 499 cm³/mol. The van der Waals surface area contributed by atoms with Gasteiger partial charge in [0.05, 0.1) is 79.4 Å². The topological polar surface area (TPSA) is 221 Å². The van der Waals surface area contributed by atoms with E-state index in [0.29, 0.717) is 134 Å². The van der Waals surface area contributed by atoms with Crippen LogP contribution in [0.1, 0.15) is 108 Å². The molecule has 24 nitrogen and oxygen atoms in total. The highest BCUT2D eigenvalue weighted by molar-refractivity contribution is 5.91. The van der Waals surface area contributed by atoms with Gasteiger partial charge in [0.25, 0.3) is 0 Å². The molecule has 3 unspecified atom stereocenters. The van der Waals surface area contributed by atoms with Gasteiger partial charge in [-0.25, -0.2) is 29.7 Å². The molecule has 126 heavy (non-hydrogen) atoms. The van der Waals surface area contributed by atoms with E-state index in [-0.39, 0.29) is 24.3 Å². The minimum atomic E-state index is -1.07. The lowest BCUT2D eigenvalue weighted by Gasteiger charge is -2.55. The molecular weight excluding hydrogens is 1570 g/mol. The molecule has 4 fully saturated rings. The summed E-state index contributed by atoms with van der Waals surface area (Å²) in [6, 6.07) is 69.3. The van der Waals surface area contributed by atoms with E-state index in [1.165, 1.54) is 5.56 Å². The van der Waals surface area contributed by atoms with Crippen LogP contribution in [0.25, 0.3) is 54.5 Å². The molecule has 4 aliphatic rings. The van der Waals surface area contributed by atoms with Crippen LogP contribution >= 0.6 is 0 Å². The number of benzene rings is 4. The van der Waals surface area contributed by atoms with Crippen LogP contribution < -0.4 is 29.5 Å². The number of hydrogen-bond donors (Lipinski definition) is 1. The first kappa shape index (κ1) is 84.5. The maximum atomic E-state index is 16.9. The van der Waals surface area contributed by atoms with Crippen LogP contribution in [0.5, 0.6) is 11.5 Å². The van der Waals surface area contributed by atoms with Crippen LogP contribution in [-0.2, 0) is 28.2 Å². The lowest BCUT2D eigenvalue weighted by atomic mass is 9.90. The summed E-state index contributed by atoms with van der Waals surface area (Å²) in [6.07, 6.45) is 13.5. The third-order valence-electron chi connectivity index (χ3n) is 26.7. The van der Waals surface area contributed by atoms with Gasteiger partial charge in [0.1, 0.15) is 58.9 Å². The molecule has 3 atom stereocenters. The Balaban J connectivity index is 0.803. The first-order chi connectivity index (χ1) is 61.6. The summed E-state index contributed by atoms with van der Waals surface area (Å²) in [4.78, 5) is 89.0. The van der Waals surface area contributed by atoms with Crippen molar-refractivity contribution in [2.75, 3.05) is 126 Å². The monoisotopic (exact) mass is 1680 g/mol. The summed E-state index contributed by atoms with van der Waals surface area (Å²) in [7, 11) is 3.36. The van der Waals surface area contributed by atoms with E-state index in [1.807, 2.05) is 99.3 Å². The average Bonchev–Trinajstić information content (AvgIpc) is 0.735. The van der Waals surface area contributed by atoms with Crippen LogP contribution in [0.4, 0.5) is 28.1 Å². The maximum Gasteiger partial charge on any atom is 0.324 e. The highest BCUT2D eigenvalue weighted by Crippen LogP contribution is 2.42. The zero-order chi connectivity index (χ0) is 86.2. The predicted octanol–water partition coefficient (Wildman–Crippen LogP) is 17.1. The molecule has 24 heteroatoms. The Bertz CT molecular complexity index is 6050. The van der Waals surface area contributed by atoms with Crippen molar-refractivity contribution in [1.82, 2.24) is 74.3 Å². The van der Waals surface area contributed by atoms with Crippen molar-refractivity contribution in [2.45, 2.75) is 129 Å². The van der Waals surface area contributed by atoms with Crippen molar-refractivity contribution >= 4 is 83.8 Å². The van der Waals surface area contributed by atoms with Gasteiger partial charge in [0, 0.05) is 158 Å². The normalized spacial score (nSPS) is 16.7. The number of nitrogens with one attached hydrogen (secondary N) is 1. The summed E-state index contributed by atoms with van der Waals surface area (Å²) in [5, 5.41) is 8.34. The van der Waals surface area contributed by atoms with Crippen molar-refractivity contribution in [1.29, 1.82) is 0 Å². The number of fused-ring (bicyclic) bond motifs is 5. The van der Waals surface area contributed by atoms with Gasteiger partial charge in [-0.3, -0.25) is 44.9 Å². The molecule has 14 aromatic rings. The molecule has 14 heterocycles. The number of piperazine rings is 1. The van der Waals surface area contributed by atoms with Gasteiger partial charge in [-0.15, -0.1) is 0 Å². The highest BCUT2D eigenvalue weighted by Gasteiger charge is 2.48. The maximum absolute atomic E-state index is 16.9. The molecule has 0 saturated carbocycles. The van der Waals surface area contributed by atoms with Gasteiger partial charge < -0.3 is 43.4 Å². The first-order valence-electron chi connectivity index (χ1n) is 44.7. The van der Waals surface area contributed by atoms with E-state index in [9.17, 15) is 0 Å². The van der Waals surface area contributed by atoms with Gasteiger partial charge in [-0.2, -0.15) is 0 Å². The van der Waals surface area contributed by atoms with Crippen molar-refractivity contribution in [3.8, 4) is 11.5 Å². The van der Waals surface area contributed by atoms with Gasteiger partial charge in [0.2, 0.25) is 0 Å². The summed E-state index contributed by atoms with van der Waals surface area (Å²) in [6.45, 7) is 21.5. The Morgan fingerprint density at radius 1 is 0.468 bits per heavy atom. The third-order valence-corrected chi connectivity index (χ3v) is 26.7. The van der Waals surface area contributed by atoms with Crippen molar-refractivity contribution in [3.05, 3.63) is 288 Å². The number of rotatable bonds is 29. The summed E-state index contributed by atoms with van der Waals surface area (Å²) >= 11 is 0. The Kier molecular flexibility index (Phi) is 25.7. The molecule has 4 aliphatic heterocycles. The summed E-state index contributed by atoms with van der Waals surface area (Å²) < 4.78 is 26.1. The van der Waals surface area contributed by atoms with E-state index in [4.69, 9.17) is 58.8 Å². The standard InChI is InChI=1S/C102H113N19O5/c1-69-83-24-29-93(108-88(83)34-45-103-69)102(6,118-59-57-115(58-60-118)95-31-26-85-71(3)105-47-36-90(85)110-95)121(97-33-28-87-73(5)107-49-38-92(87)112-97)67-99(117-52-41-79(42-53-117)125-68-76-63-81(123-7)65-82(64-76)124-8)120(96-32-27-86-72(4)106-48-37-91(86)111-96)66-98(116-54-43-80(44-55-116)126-100(77-20-14-10-15-21-77)78-22-16-11-17-23-78)119(101(122)113-94-30-25-84-70(2)104-46-35-89(84)109-94)61-56-114-50-39-75(40-51-114)62-74-18-12-9-13-19-74/h9-38,45-49,63-65,75,79-80,98-100H,39-44,50-62,66-68H2,1-8H3,(H,109,113,122). The molecule has 0 aliphatic carbocycles. The fourth-order valence-electron chi connectivity index (χ4n) is 19.4. The van der Waals surface area contributed by atoms with E-state index in [0.717, 1.165) is 155 Å². The zero-order valence-electron chi connectivity index (χ0n) is 73.6.